The molecule has 0 spiro atoms. The Balaban J connectivity index is 1.25. The van der Waals surface area contributed by atoms with Gasteiger partial charge in [-0.05, 0) is 55.5 Å². The number of fused-ring (bicyclic) bond motifs is 1. The summed E-state index contributed by atoms with van der Waals surface area (Å²) in [5, 5.41) is 1.61. The second-order valence-electron chi connectivity index (χ2n) is 9.60. The predicted molar refractivity (Wildman–Crippen MR) is 146 cm³/mol. The molecule has 2 saturated heterocycles. The van der Waals surface area contributed by atoms with E-state index in [4.69, 9.17) is 21.6 Å². The maximum atomic E-state index is 13.1. The highest BCUT2D eigenvalue weighted by Gasteiger charge is 2.25. The Kier molecular flexibility index (Phi) is 7.35. The molecule has 2 aromatic carbocycles. The number of piperidine rings is 1. The second kappa shape index (κ2) is 10.6. The lowest BCUT2D eigenvalue weighted by atomic mass is 9.99. The maximum absolute atomic E-state index is 13.1. The Labute approximate surface area is 216 Å². The first-order valence-corrected chi connectivity index (χ1v) is 13.8. The van der Waals surface area contributed by atoms with Crippen LogP contribution in [-0.4, -0.2) is 65.8 Å². The largest absolute Gasteiger partial charge is 0.368 e. The third-order valence-electron chi connectivity index (χ3n) is 7.08. The van der Waals surface area contributed by atoms with Crippen LogP contribution in [0.15, 0.2) is 47.5 Å². The number of piperazine rings is 1. The lowest BCUT2D eigenvalue weighted by Gasteiger charge is -2.37. The molecule has 5 rings (SSSR count). The first-order valence-electron chi connectivity index (χ1n) is 12.4. The van der Waals surface area contributed by atoms with Crippen LogP contribution in [0.5, 0.6) is 0 Å². The minimum Gasteiger partial charge on any atom is -0.368 e. The number of nitrogens with zero attached hydrogens (tertiary/aromatic N) is 5. The number of carbonyl (C=O) groups is 1. The molecule has 0 saturated carbocycles. The maximum Gasteiger partial charge on any atom is 0.233 e. The van der Waals surface area contributed by atoms with E-state index in [1.165, 1.54) is 17.3 Å². The molecule has 1 aromatic heterocycles. The number of benzene rings is 2. The number of carbonyl (C=O) groups excluding carboxylic acids is 1. The van der Waals surface area contributed by atoms with Crippen molar-refractivity contribution in [3.8, 4) is 0 Å². The van der Waals surface area contributed by atoms with Crippen LogP contribution in [0.2, 0.25) is 5.02 Å². The van der Waals surface area contributed by atoms with E-state index >= 15 is 0 Å². The van der Waals surface area contributed by atoms with E-state index in [1.54, 1.807) is 0 Å². The number of rotatable bonds is 5. The molecular formula is C27H32ClN5OS. The van der Waals surface area contributed by atoms with Crippen LogP contribution in [-0.2, 0) is 4.79 Å². The van der Waals surface area contributed by atoms with Gasteiger partial charge in [-0.3, -0.25) is 4.79 Å². The number of para-hydroxylation sites is 2. The van der Waals surface area contributed by atoms with Crippen LogP contribution in [0.4, 0.5) is 11.5 Å². The van der Waals surface area contributed by atoms with Crippen molar-refractivity contribution in [2.24, 2.45) is 5.92 Å². The smallest absolute Gasteiger partial charge is 0.233 e. The molecule has 0 atom stereocenters. The number of hydrogen-bond donors (Lipinski definition) is 0. The summed E-state index contributed by atoms with van der Waals surface area (Å²) < 4.78 is 0. The van der Waals surface area contributed by atoms with E-state index in [2.05, 4.69) is 29.7 Å². The summed E-state index contributed by atoms with van der Waals surface area (Å²) in [7, 11) is 0. The van der Waals surface area contributed by atoms with Crippen LogP contribution in [0.1, 0.15) is 25.3 Å². The SMILES string of the molecule is Cc1ccc(Cl)cc1N1CCN(C(=O)CSc2nc3ccccc3nc2N2CCC(C)CC2)CC1. The molecule has 35 heavy (non-hydrogen) atoms. The van der Waals surface area contributed by atoms with Gasteiger partial charge >= 0.3 is 0 Å². The van der Waals surface area contributed by atoms with E-state index in [-0.39, 0.29) is 5.91 Å². The van der Waals surface area contributed by atoms with E-state index in [0.29, 0.717) is 18.8 Å². The van der Waals surface area contributed by atoms with Crippen molar-refractivity contribution >= 4 is 51.8 Å². The number of amides is 1. The first-order chi connectivity index (χ1) is 17.0. The zero-order valence-electron chi connectivity index (χ0n) is 20.4. The van der Waals surface area contributed by atoms with Crippen LogP contribution in [0.25, 0.3) is 11.0 Å². The van der Waals surface area contributed by atoms with Gasteiger partial charge in [0.15, 0.2) is 5.82 Å². The zero-order chi connectivity index (χ0) is 24.4. The van der Waals surface area contributed by atoms with Gasteiger partial charge in [-0.1, -0.05) is 48.5 Å². The Morgan fingerprint density at radius 3 is 2.37 bits per heavy atom. The molecule has 2 aliphatic heterocycles. The van der Waals surface area contributed by atoms with E-state index in [9.17, 15) is 4.79 Å². The van der Waals surface area contributed by atoms with Crippen molar-refractivity contribution in [3.05, 3.63) is 53.1 Å². The lowest BCUT2D eigenvalue weighted by Crippen LogP contribution is -2.49. The summed E-state index contributed by atoms with van der Waals surface area (Å²) in [5.41, 5.74) is 4.15. The number of hydrogen-bond acceptors (Lipinski definition) is 6. The quantitative estimate of drug-likeness (QED) is 0.437. The minimum atomic E-state index is 0.158. The summed E-state index contributed by atoms with van der Waals surface area (Å²) in [5.74, 6) is 2.20. The Morgan fingerprint density at radius 1 is 0.971 bits per heavy atom. The first kappa shape index (κ1) is 24.2. The van der Waals surface area contributed by atoms with Gasteiger partial charge in [-0.25, -0.2) is 9.97 Å². The summed E-state index contributed by atoms with van der Waals surface area (Å²) in [6.07, 6.45) is 2.32. The van der Waals surface area contributed by atoms with Gasteiger partial charge in [-0.15, -0.1) is 0 Å². The van der Waals surface area contributed by atoms with Gasteiger partial charge in [0.1, 0.15) is 5.03 Å². The fraction of sp³-hybridized carbons (Fsp3) is 0.444. The fourth-order valence-electron chi connectivity index (χ4n) is 4.84. The topological polar surface area (TPSA) is 52.6 Å². The molecule has 8 heteroatoms. The van der Waals surface area contributed by atoms with E-state index < -0.39 is 0 Å². The molecule has 2 aliphatic rings. The molecule has 2 fully saturated rings. The highest BCUT2D eigenvalue weighted by Crippen LogP contribution is 2.32. The molecule has 0 radical (unpaired) electrons. The minimum absolute atomic E-state index is 0.158. The number of aromatic nitrogens is 2. The number of halogens is 1. The molecule has 0 N–H and O–H groups in total. The zero-order valence-corrected chi connectivity index (χ0v) is 22.0. The fourth-order valence-corrected chi connectivity index (χ4v) is 5.91. The van der Waals surface area contributed by atoms with Crippen LogP contribution in [0.3, 0.4) is 0 Å². The monoisotopic (exact) mass is 509 g/mol. The average Bonchev–Trinajstić information content (AvgIpc) is 2.89. The highest BCUT2D eigenvalue weighted by molar-refractivity contribution is 8.00. The molecule has 0 aliphatic carbocycles. The molecule has 0 bridgehead atoms. The molecule has 184 valence electrons. The second-order valence-corrected chi connectivity index (χ2v) is 11.0. The predicted octanol–water partition coefficient (Wildman–Crippen LogP) is 5.27. The highest BCUT2D eigenvalue weighted by atomic mass is 35.5. The Bertz CT molecular complexity index is 1210. The molecular weight excluding hydrogens is 478 g/mol. The Hall–Kier alpha value is -2.51. The van der Waals surface area contributed by atoms with Gasteiger partial charge in [-0.2, -0.15) is 0 Å². The van der Waals surface area contributed by atoms with E-state index in [0.717, 1.165) is 77.5 Å². The standard InChI is InChI=1S/C27H32ClN5OS/c1-19-9-11-33(12-10-19)26-27(30-23-6-4-3-5-22(23)29-26)35-18-25(34)32-15-13-31(14-16-32)24-17-21(28)8-7-20(24)2/h3-8,17,19H,9-16,18H2,1-2H3. The van der Waals surface area contributed by atoms with Crippen LogP contribution < -0.4 is 9.80 Å². The van der Waals surface area contributed by atoms with Gasteiger partial charge < -0.3 is 14.7 Å². The summed E-state index contributed by atoms with van der Waals surface area (Å²) in [6.45, 7) is 9.43. The third-order valence-corrected chi connectivity index (χ3v) is 8.25. The molecule has 3 aromatic rings. The summed E-state index contributed by atoms with van der Waals surface area (Å²) in [4.78, 5) is 29.7. The molecule has 3 heterocycles. The van der Waals surface area contributed by atoms with Gasteiger partial charge in [0.05, 0.1) is 16.8 Å². The Morgan fingerprint density at radius 2 is 1.66 bits per heavy atom. The normalized spacial score (nSPS) is 17.3. The number of thioether (sulfide) groups is 1. The summed E-state index contributed by atoms with van der Waals surface area (Å²) >= 11 is 7.74. The van der Waals surface area contributed by atoms with Gasteiger partial charge in [0.2, 0.25) is 5.91 Å². The van der Waals surface area contributed by atoms with Crippen LogP contribution >= 0.6 is 23.4 Å². The number of aryl methyl sites for hydroxylation is 1. The number of anilines is 2. The average molecular weight is 510 g/mol. The van der Waals surface area contributed by atoms with Crippen molar-refractivity contribution in [2.45, 2.75) is 31.7 Å². The van der Waals surface area contributed by atoms with Gasteiger partial charge in [0, 0.05) is 50.0 Å². The van der Waals surface area contributed by atoms with Crippen molar-refractivity contribution in [1.82, 2.24) is 14.9 Å². The molecule has 0 unspecified atom stereocenters. The van der Waals surface area contributed by atoms with Crippen molar-refractivity contribution < 1.29 is 4.79 Å². The third kappa shape index (κ3) is 5.51. The van der Waals surface area contributed by atoms with Crippen LogP contribution in [0, 0.1) is 12.8 Å². The lowest BCUT2D eigenvalue weighted by molar-refractivity contribution is -0.128. The van der Waals surface area contributed by atoms with Crippen molar-refractivity contribution in [1.29, 1.82) is 0 Å². The molecule has 1 amide bonds. The van der Waals surface area contributed by atoms with Crippen molar-refractivity contribution in [2.75, 3.05) is 54.8 Å². The summed E-state index contributed by atoms with van der Waals surface area (Å²) in [6, 6.07) is 14.0. The van der Waals surface area contributed by atoms with E-state index in [1.807, 2.05) is 41.3 Å². The molecule has 6 nitrogen and oxygen atoms in total. The van der Waals surface area contributed by atoms with Gasteiger partial charge in [0.25, 0.3) is 0 Å². The van der Waals surface area contributed by atoms with Crippen molar-refractivity contribution in [3.63, 3.8) is 0 Å².